The highest BCUT2D eigenvalue weighted by Gasteiger charge is 2.31. The summed E-state index contributed by atoms with van der Waals surface area (Å²) >= 11 is 0. The molecule has 4 aliphatic rings. The normalized spacial score (nSPS) is 15.6. The fraction of sp³-hybridized carbons (Fsp3) is 0.171. The van der Waals surface area contributed by atoms with E-state index in [0.29, 0.717) is 51.9 Å². The molecule has 0 aliphatic carbocycles. The molecule has 9 aromatic carbocycles. The molecule has 8 nitrogen and oxygen atoms in total. The van der Waals surface area contributed by atoms with Gasteiger partial charge in [-0.05, 0) is 129 Å². The summed E-state index contributed by atoms with van der Waals surface area (Å²) in [6.45, 7) is 2.63. The Hall–Kier alpha value is -9.14. The molecule has 0 spiro atoms. The lowest BCUT2D eigenvalue weighted by molar-refractivity contribution is -0.117. The van der Waals surface area contributed by atoms with Crippen molar-refractivity contribution in [3.05, 3.63) is 206 Å². The molecule has 382 valence electrons. The lowest BCUT2D eigenvalue weighted by Crippen LogP contribution is -2.24. The molecule has 4 saturated heterocycles. The Labute approximate surface area is 455 Å². The minimum atomic E-state index is 0.123. The fourth-order valence-electron chi connectivity index (χ4n) is 12.7. The zero-order valence-electron chi connectivity index (χ0n) is 43.5. The smallest absolute Gasteiger partial charge is 0.227 e. The van der Waals surface area contributed by atoms with Crippen LogP contribution in [0.15, 0.2) is 206 Å². The third-order valence-corrected chi connectivity index (χ3v) is 16.3. The van der Waals surface area contributed by atoms with Crippen molar-refractivity contribution in [1.82, 2.24) is 0 Å². The maximum Gasteiger partial charge on any atom is 0.227 e. The van der Waals surface area contributed by atoms with Crippen molar-refractivity contribution in [3.8, 4) is 89.0 Å². The largest absolute Gasteiger partial charge is 0.312 e. The monoisotopic (exact) mass is 1020 g/mol. The van der Waals surface area contributed by atoms with Crippen LogP contribution in [0.2, 0.25) is 0 Å². The highest BCUT2D eigenvalue weighted by molar-refractivity contribution is 6.10. The van der Waals surface area contributed by atoms with Crippen molar-refractivity contribution >= 4 is 46.4 Å². The summed E-state index contributed by atoms with van der Waals surface area (Å²) in [5, 5.41) is 0. The van der Waals surface area contributed by atoms with E-state index in [1.165, 1.54) is 0 Å². The molecule has 4 fully saturated rings. The van der Waals surface area contributed by atoms with Gasteiger partial charge in [-0.3, -0.25) is 19.2 Å². The number of para-hydroxylation sites is 4. The third kappa shape index (κ3) is 8.67. The molecular formula is C70H58N4O4. The Balaban J connectivity index is 1.14. The Morgan fingerprint density at radius 1 is 0.205 bits per heavy atom. The molecule has 8 heteroatoms. The van der Waals surface area contributed by atoms with Crippen LogP contribution in [0.5, 0.6) is 0 Å². The van der Waals surface area contributed by atoms with Gasteiger partial charge in [0.25, 0.3) is 0 Å². The summed E-state index contributed by atoms with van der Waals surface area (Å²) in [6.07, 6.45) is 5.28. The van der Waals surface area contributed by atoms with Crippen LogP contribution in [-0.4, -0.2) is 49.8 Å². The standard InChI is InChI=1S/C70H58N4O4/c75-67-37-17-41-71(67)63-33-13-9-29-55(63)47-21-1-5-25-51(47)59-45-61(53-27-7-3-23-49(53)57-31-11-15-35-65(57)73-43-19-39-69(73)77)62(54-28-8-4-24-50(54)58-32-12-16-36-66(58)74-44-20-40-70(74)78)46-60(59)52-26-6-2-22-48(52)56-30-10-14-34-64(56)72-42-18-38-68(72)76/h1-16,21-36,45-46H,17-20,37-44H2. The van der Waals surface area contributed by atoms with Crippen molar-refractivity contribution in [2.75, 3.05) is 45.8 Å². The molecule has 9 aromatic rings. The van der Waals surface area contributed by atoms with E-state index < -0.39 is 0 Å². The molecule has 0 atom stereocenters. The van der Waals surface area contributed by atoms with Crippen LogP contribution < -0.4 is 19.6 Å². The second kappa shape index (κ2) is 20.8. The van der Waals surface area contributed by atoms with Crippen LogP contribution in [0.25, 0.3) is 89.0 Å². The van der Waals surface area contributed by atoms with E-state index >= 15 is 0 Å². The first-order valence-electron chi connectivity index (χ1n) is 27.6. The predicted molar refractivity (Wildman–Crippen MR) is 316 cm³/mol. The molecule has 0 radical (unpaired) electrons. The van der Waals surface area contributed by atoms with Gasteiger partial charge in [-0.1, -0.05) is 170 Å². The number of hydrogen-bond donors (Lipinski definition) is 0. The number of amides is 4. The summed E-state index contributed by atoms with van der Waals surface area (Å²) < 4.78 is 0. The Morgan fingerprint density at radius 3 is 0.551 bits per heavy atom. The quantitative estimate of drug-likeness (QED) is 0.122. The molecule has 0 unspecified atom stereocenters. The van der Waals surface area contributed by atoms with E-state index in [1.807, 2.05) is 43.9 Å². The lowest BCUT2D eigenvalue weighted by atomic mass is 9.79. The van der Waals surface area contributed by atoms with Gasteiger partial charge < -0.3 is 19.6 Å². The minimum absolute atomic E-state index is 0.123. The molecule has 78 heavy (non-hydrogen) atoms. The van der Waals surface area contributed by atoms with Gasteiger partial charge in [0.2, 0.25) is 23.6 Å². The first-order chi connectivity index (χ1) is 38.4. The Kier molecular flexibility index (Phi) is 12.9. The molecule has 4 amide bonds. The van der Waals surface area contributed by atoms with Crippen LogP contribution in [0.4, 0.5) is 22.7 Å². The van der Waals surface area contributed by atoms with Crippen molar-refractivity contribution in [3.63, 3.8) is 0 Å². The molecule has 4 heterocycles. The summed E-state index contributed by atoms with van der Waals surface area (Å²) in [7, 11) is 0. The lowest BCUT2D eigenvalue weighted by Gasteiger charge is -2.26. The average molecular weight is 1020 g/mol. The average Bonchev–Trinajstić information content (AvgIpc) is 4.46. The summed E-state index contributed by atoms with van der Waals surface area (Å²) in [4.78, 5) is 62.2. The van der Waals surface area contributed by atoms with Crippen molar-refractivity contribution in [2.24, 2.45) is 0 Å². The zero-order chi connectivity index (χ0) is 52.7. The van der Waals surface area contributed by atoms with Gasteiger partial charge in [-0.25, -0.2) is 0 Å². The van der Waals surface area contributed by atoms with Gasteiger partial charge in [0, 0.05) is 74.1 Å². The van der Waals surface area contributed by atoms with Gasteiger partial charge >= 0.3 is 0 Å². The summed E-state index contributed by atoms with van der Waals surface area (Å²) in [5.41, 5.74) is 19.3. The van der Waals surface area contributed by atoms with E-state index in [2.05, 4.69) is 182 Å². The van der Waals surface area contributed by atoms with Crippen molar-refractivity contribution in [2.45, 2.75) is 51.4 Å². The van der Waals surface area contributed by atoms with Crippen LogP contribution in [0.3, 0.4) is 0 Å². The second-order valence-corrected chi connectivity index (χ2v) is 20.8. The molecule has 13 rings (SSSR count). The van der Waals surface area contributed by atoms with Gasteiger partial charge in [0.1, 0.15) is 0 Å². The third-order valence-electron chi connectivity index (χ3n) is 16.3. The zero-order valence-corrected chi connectivity index (χ0v) is 43.5. The van der Waals surface area contributed by atoms with Gasteiger partial charge in [0.15, 0.2) is 0 Å². The number of benzene rings is 9. The molecule has 0 N–H and O–H groups in total. The van der Waals surface area contributed by atoms with Crippen LogP contribution in [0, 0.1) is 0 Å². The summed E-state index contributed by atoms with van der Waals surface area (Å²) in [5.74, 6) is 0.493. The molecule has 0 saturated carbocycles. The number of rotatable bonds is 12. The maximum absolute atomic E-state index is 13.6. The highest BCUT2D eigenvalue weighted by atomic mass is 16.2. The van der Waals surface area contributed by atoms with E-state index in [1.54, 1.807) is 0 Å². The van der Waals surface area contributed by atoms with Gasteiger partial charge in [-0.15, -0.1) is 0 Å². The number of anilines is 4. The van der Waals surface area contributed by atoms with E-state index in [0.717, 1.165) is 137 Å². The number of nitrogens with zero attached hydrogens (tertiary/aromatic N) is 4. The number of carbonyl (C=O) groups is 4. The summed E-state index contributed by atoms with van der Waals surface area (Å²) in [6, 6.07) is 72.1. The highest BCUT2D eigenvalue weighted by Crippen LogP contribution is 2.52. The van der Waals surface area contributed by atoms with Crippen LogP contribution in [-0.2, 0) is 19.2 Å². The molecule has 0 aromatic heterocycles. The second-order valence-electron chi connectivity index (χ2n) is 20.8. The van der Waals surface area contributed by atoms with E-state index in [9.17, 15) is 19.2 Å². The Bertz CT molecular complexity index is 3360. The van der Waals surface area contributed by atoms with Crippen LogP contribution >= 0.6 is 0 Å². The van der Waals surface area contributed by atoms with E-state index in [4.69, 9.17) is 0 Å². The number of carbonyl (C=O) groups excluding carboxylic acids is 4. The Morgan fingerprint density at radius 2 is 0.372 bits per heavy atom. The SMILES string of the molecule is O=C1CCCN1c1ccccc1-c1ccccc1-c1cc(-c2ccccc2-c2ccccc2N2CCCC2=O)c(-c2ccccc2-c2ccccc2N2CCCC2=O)cc1-c1ccccc1-c1ccccc1N1CCCC1=O. The van der Waals surface area contributed by atoms with Crippen LogP contribution in [0.1, 0.15) is 51.4 Å². The first-order valence-corrected chi connectivity index (χ1v) is 27.6. The molecular weight excluding hydrogens is 961 g/mol. The molecule has 0 bridgehead atoms. The van der Waals surface area contributed by atoms with Gasteiger partial charge in [0.05, 0.1) is 22.7 Å². The minimum Gasteiger partial charge on any atom is -0.312 e. The van der Waals surface area contributed by atoms with E-state index in [-0.39, 0.29) is 23.6 Å². The number of hydrogen-bond acceptors (Lipinski definition) is 4. The van der Waals surface area contributed by atoms with Crippen molar-refractivity contribution in [1.29, 1.82) is 0 Å². The van der Waals surface area contributed by atoms with Crippen molar-refractivity contribution < 1.29 is 19.2 Å². The van der Waals surface area contributed by atoms with Gasteiger partial charge in [-0.2, -0.15) is 0 Å². The fourth-order valence-corrected chi connectivity index (χ4v) is 12.7. The predicted octanol–water partition coefficient (Wildman–Crippen LogP) is 15.5. The maximum atomic E-state index is 13.6. The topological polar surface area (TPSA) is 81.2 Å². The molecule has 4 aliphatic heterocycles. The first kappa shape index (κ1) is 48.5.